The average molecular weight is 278 g/mol. The Bertz CT molecular complexity index is 881. The fourth-order valence-corrected chi connectivity index (χ4v) is 2.41. The SMILES string of the molecule is C=C/C(=C\C=C(/C)F)c1ccc2c(c1)[nH]c1ccncc12. The van der Waals surface area contributed by atoms with Crippen molar-refractivity contribution in [1.82, 2.24) is 9.97 Å². The van der Waals surface area contributed by atoms with E-state index in [0.717, 1.165) is 32.9 Å². The first-order valence-corrected chi connectivity index (χ1v) is 6.71. The minimum absolute atomic E-state index is 0.230. The van der Waals surface area contributed by atoms with Gasteiger partial charge in [0.2, 0.25) is 0 Å². The van der Waals surface area contributed by atoms with Crippen LogP contribution < -0.4 is 0 Å². The number of aromatic nitrogens is 2. The Labute approximate surface area is 122 Å². The van der Waals surface area contributed by atoms with E-state index in [9.17, 15) is 4.39 Å². The maximum atomic E-state index is 12.9. The van der Waals surface area contributed by atoms with Gasteiger partial charge in [-0.1, -0.05) is 30.9 Å². The molecule has 2 aromatic heterocycles. The number of allylic oxidation sites excluding steroid dienone is 5. The molecule has 104 valence electrons. The lowest BCUT2D eigenvalue weighted by molar-refractivity contribution is 0.641. The molecule has 1 aromatic carbocycles. The van der Waals surface area contributed by atoms with Crippen molar-refractivity contribution in [1.29, 1.82) is 0 Å². The average Bonchev–Trinajstić information content (AvgIpc) is 2.85. The number of fused-ring (bicyclic) bond motifs is 3. The molecule has 0 bridgehead atoms. The van der Waals surface area contributed by atoms with Crippen LogP contribution in [0.4, 0.5) is 4.39 Å². The number of nitrogens with one attached hydrogen (secondary N) is 1. The van der Waals surface area contributed by atoms with Crippen molar-refractivity contribution in [2.24, 2.45) is 0 Å². The predicted octanol–water partition coefficient (Wildman–Crippen LogP) is 5.16. The van der Waals surface area contributed by atoms with Gasteiger partial charge >= 0.3 is 0 Å². The summed E-state index contributed by atoms with van der Waals surface area (Å²) in [6.45, 7) is 5.22. The van der Waals surface area contributed by atoms with Crippen LogP contribution in [0.3, 0.4) is 0 Å². The molecule has 2 heterocycles. The second-order valence-corrected chi connectivity index (χ2v) is 4.89. The van der Waals surface area contributed by atoms with Crippen LogP contribution in [0.25, 0.3) is 27.4 Å². The van der Waals surface area contributed by atoms with Crippen molar-refractivity contribution >= 4 is 27.4 Å². The minimum Gasteiger partial charge on any atom is -0.354 e. The summed E-state index contributed by atoms with van der Waals surface area (Å²) >= 11 is 0. The highest BCUT2D eigenvalue weighted by atomic mass is 19.1. The molecule has 0 saturated carbocycles. The third-order valence-electron chi connectivity index (χ3n) is 3.45. The highest BCUT2D eigenvalue weighted by molar-refractivity contribution is 6.07. The van der Waals surface area contributed by atoms with Crippen molar-refractivity contribution in [2.75, 3.05) is 0 Å². The summed E-state index contributed by atoms with van der Waals surface area (Å²) in [6, 6.07) is 8.06. The molecule has 0 aliphatic carbocycles. The molecule has 0 aliphatic heterocycles. The van der Waals surface area contributed by atoms with Crippen LogP contribution in [0.2, 0.25) is 0 Å². The van der Waals surface area contributed by atoms with Gasteiger partial charge in [-0.05, 0) is 36.3 Å². The van der Waals surface area contributed by atoms with E-state index in [2.05, 4.69) is 22.6 Å². The van der Waals surface area contributed by atoms with Gasteiger partial charge in [-0.3, -0.25) is 4.98 Å². The van der Waals surface area contributed by atoms with Gasteiger partial charge in [0.15, 0.2) is 0 Å². The molecule has 0 saturated heterocycles. The Morgan fingerprint density at radius 3 is 2.81 bits per heavy atom. The molecule has 0 amide bonds. The summed E-state index contributed by atoms with van der Waals surface area (Å²) in [5, 5.41) is 2.23. The van der Waals surface area contributed by atoms with Gasteiger partial charge in [-0.25, -0.2) is 4.39 Å². The number of hydrogen-bond donors (Lipinski definition) is 1. The van der Waals surface area contributed by atoms with Crippen LogP contribution in [-0.4, -0.2) is 9.97 Å². The number of aromatic amines is 1. The normalized spacial score (nSPS) is 13.0. The third kappa shape index (κ3) is 2.50. The smallest absolute Gasteiger partial charge is 0.0968 e. The van der Waals surface area contributed by atoms with Crippen molar-refractivity contribution < 1.29 is 4.39 Å². The van der Waals surface area contributed by atoms with Crippen LogP contribution >= 0.6 is 0 Å². The first-order chi connectivity index (χ1) is 10.2. The van der Waals surface area contributed by atoms with E-state index in [1.165, 1.54) is 13.0 Å². The van der Waals surface area contributed by atoms with E-state index in [-0.39, 0.29) is 5.83 Å². The second-order valence-electron chi connectivity index (χ2n) is 4.89. The summed E-state index contributed by atoms with van der Waals surface area (Å²) < 4.78 is 12.9. The summed E-state index contributed by atoms with van der Waals surface area (Å²) in [5.41, 5.74) is 3.96. The van der Waals surface area contributed by atoms with Gasteiger partial charge in [0, 0.05) is 34.2 Å². The zero-order valence-electron chi connectivity index (χ0n) is 11.7. The van der Waals surface area contributed by atoms with Crippen LogP contribution in [-0.2, 0) is 0 Å². The van der Waals surface area contributed by atoms with Crippen molar-refractivity contribution in [3.8, 4) is 0 Å². The zero-order valence-corrected chi connectivity index (χ0v) is 11.7. The van der Waals surface area contributed by atoms with Crippen molar-refractivity contribution in [3.63, 3.8) is 0 Å². The van der Waals surface area contributed by atoms with Crippen LogP contribution in [0.1, 0.15) is 12.5 Å². The number of rotatable bonds is 3. The van der Waals surface area contributed by atoms with Gasteiger partial charge in [0.1, 0.15) is 0 Å². The lowest BCUT2D eigenvalue weighted by Gasteiger charge is -2.02. The Balaban J connectivity index is 2.16. The summed E-state index contributed by atoms with van der Waals surface area (Å²) in [6.07, 6.45) is 8.52. The summed E-state index contributed by atoms with van der Waals surface area (Å²) in [5.74, 6) is -0.230. The molecule has 0 atom stereocenters. The Morgan fingerprint density at radius 2 is 2.05 bits per heavy atom. The molecule has 2 nitrogen and oxygen atoms in total. The van der Waals surface area contributed by atoms with E-state index in [0.29, 0.717) is 0 Å². The molecule has 3 heteroatoms. The number of pyridine rings is 1. The van der Waals surface area contributed by atoms with Crippen LogP contribution in [0.15, 0.2) is 67.3 Å². The van der Waals surface area contributed by atoms with Gasteiger partial charge in [-0.2, -0.15) is 0 Å². The van der Waals surface area contributed by atoms with Crippen molar-refractivity contribution in [2.45, 2.75) is 6.92 Å². The quantitative estimate of drug-likeness (QED) is 0.659. The highest BCUT2D eigenvalue weighted by Gasteiger charge is 2.05. The summed E-state index contributed by atoms with van der Waals surface area (Å²) in [7, 11) is 0. The topological polar surface area (TPSA) is 28.7 Å². The first-order valence-electron chi connectivity index (χ1n) is 6.71. The number of benzene rings is 1. The maximum absolute atomic E-state index is 12.9. The molecule has 1 N–H and O–H groups in total. The lowest BCUT2D eigenvalue weighted by Crippen LogP contribution is -1.81. The van der Waals surface area contributed by atoms with E-state index in [1.807, 2.05) is 24.4 Å². The second kappa shape index (κ2) is 5.37. The minimum atomic E-state index is -0.230. The largest absolute Gasteiger partial charge is 0.354 e. The molecule has 21 heavy (non-hydrogen) atoms. The van der Waals surface area contributed by atoms with E-state index in [1.54, 1.807) is 18.3 Å². The van der Waals surface area contributed by atoms with Crippen LogP contribution in [0.5, 0.6) is 0 Å². The molecule has 0 unspecified atom stereocenters. The number of H-pyrrole nitrogens is 1. The van der Waals surface area contributed by atoms with Gasteiger partial charge in [0.25, 0.3) is 0 Å². The molecule has 0 spiro atoms. The molecule has 0 radical (unpaired) electrons. The van der Waals surface area contributed by atoms with Gasteiger partial charge in [0.05, 0.1) is 5.83 Å². The molecule has 3 rings (SSSR count). The van der Waals surface area contributed by atoms with Gasteiger partial charge < -0.3 is 4.98 Å². The Hall–Kier alpha value is -2.68. The monoisotopic (exact) mass is 278 g/mol. The zero-order chi connectivity index (χ0) is 14.8. The Kier molecular flexibility index (Phi) is 3.40. The van der Waals surface area contributed by atoms with E-state index >= 15 is 0 Å². The molecular weight excluding hydrogens is 263 g/mol. The molecule has 0 aliphatic rings. The number of hydrogen-bond acceptors (Lipinski definition) is 1. The van der Waals surface area contributed by atoms with Gasteiger partial charge in [-0.15, -0.1) is 0 Å². The first kappa shape index (κ1) is 13.3. The lowest BCUT2D eigenvalue weighted by atomic mass is 10.0. The fourth-order valence-electron chi connectivity index (χ4n) is 2.41. The number of halogens is 1. The maximum Gasteiger partial charge on any atom is 0.0968 e. The highest BCUT2D eigenvalue weighted by Crippen LogP contribution is 2.27. The van der Waals surface area contributed by atoms with Crippen LogP contribution in [0, 0.1) is 0 Å². The predicted molar refractivity (Wildman–Crippen MR) is 86.6 cm³/mol. The standard InChI is InChI=1S/C18H15FN2/c1-3-13(5-4-12(2)19)14-6-7-15-16-11-20-9-8-17(16)21-18(15)10-14/h3-11,21H,1H2,2H3/b12-4+,13-5+. The third-order valence-corrected chi connectivity index (χ3v) is 3.45. The molecular formula is C18H15FN2. The molecule has 0 fully saturated rings. The van der Waals surface area contributed by atoms with Crippen molar-refractivity contribution in [3.05, 3.63) is 72.9 Å². The fraction of sp³-hybridized carbons (Fsp3) is 0.0556. The number of nitrogens with zero attached hydrogens (tertiary/aromatic N) is 1. The summed E-state index contributed by atoms with van der Waals surface area (Å²) in [4.78, 5) is 7.53. The van der Waals surface area contributed by atoms with E-state index < -0.39 is 0 Å². The van der Waals surface area contributed by atoms with E-state index in [4.69, 9.17) is 0 Å². The Morgan fingerprint density at radius 1 is 1.19 bits per heavy atom. The molecule has 3 aromatic rings.